The zero-order valence-corrected chi connectivity index (χ0v) is 25.8. The molecule has 1 aliphatic carbocycles. The molecule has 4 nitrogen and oxygen atoms in total. The number of ketones is 1. The summed E-state index contributed by atoms with van der Waals surface area (Å²) in [6.07, 6.45) is 2.91. The molecule has 1 saturated carbocycles. The predicted molar refractivity (Wildman–Crippen MR) is 144 cm³/mol. The van der Waals surface area contributed by atoms with Gasteiger partial charge in [0.25, 0.3) is 0 Å². The van der Waals surface area contributed by atoms with Crippen molar-refractivity contribution in [3.63, 3.8) is 0 Å². The van der Waals surface area contributed by atoms with Gasteiger partial charge in [-0.2, -0.15) is 0 Å². The Morgan fingerprint density at radius 1 is 0.727 bits per heavy atom. The van der Waals surface area contributed by atoms with E-state index in [0.717, 1.165) is 12.8 Å². The molecule has 2 rings (SSSR count). The van der Waals surface area contributed by atoms with E-state index in [4.69, 9.17) is 13.6 Å². The highest BCUT2D eigenvalue weighted by Crippen LogP contribution is 2.49. The molecule has 0 N–H and O–H groups in total. The molecule has 0 aromatic rings. The van der Waals surface area contributed by atoms with Crippen LogP contribution in [0.15, 0.2) is 0 Å². The Morgan fingerprint density at radius 2 is 1.12 bits per heavy atom. The molecule has 0 amide bonds. The van der Waals surface area contributed by atoms with Crippen LogP contribution in [0.1, 0.15) is 109 Å². The van der Waals surface area contributed by atoms with Gasteiger partial charge in [0.2, 0.25) is 16.6 Å². The molecule has 6 heteroatoms. The number of rotatable bonds is 10. The van der Waals surface area contributed by atoms with Gasteiger partial charge in [-0.05, 0) is 46.1 Å². The molecule has 33 heavy (non-hydrogen) atoms. The van der Waals surface area contributed by atoms with Gasteiger partial charge >= 0.3 is 0 Å². The quantitative estimate of drug-likeness (QED) is 0.286. The van der Waals surface area contributed by atoms with Gasteiger partial charge in [0.05, 0.1) is 18.8 Å². The van der Waals surface area contributed by atoms with Crippen molar-refractivity contribution in [1.82, 2.24) is 0 Å². The average Bonchev–Trinajstić information content (AvgIpc) is 3.03. The van der Waals surface area contributed by atoms with Crippen LogP contribution in [0.2, 0.25) is 33.2 Å². The van der Waals surface area contributed by atoms with E-state index in [1.54, 1.807) is 0 Å². The third kappa shape index (κ3) is 5.25. The third-order valence-electron chi connectivity index (χ3n) is 9.09. The van der Waals surface area contributed by atoms with Crippen LogP contribution in [0.25, 0.3) is 0 Å². The fraction of sp³-hybridized carbons (Fsp3) is 0.963. The smallest absolute Gasteiger partial charge is 0.201 e. The third-order valence-corrected chi connectivity index (χ3v) is 21.3. The first kappa shape index (κ1) is 29.2. The Balaban J connectivity index is 2.51. The lowest BCUT2D eigenvalue weighted by molar-refractivity contribution is -0.174. The number of carbonyl (C=O) groups is 1. The normalized spacial score (nSPS) is 27.5. The van der Waals surface area contributed by atoms with Crippen LogP contribution < -0.4 is 0 Å². The average molecular weight is 499 g/mol. The van der Waals surface area contributed by atoms with E-state index in [2.05, 4.69) is 83.1 Å². The van der Waals surface area contributed by atoms with Gasteiger partial charge < -0.3 is 13.6 Å². The molecule has 1 spiro atoms. The molecule has 0 radical (unpaired) electrons. The molecule has 1 heterocycles. The maximum atomic E-state index is 13.0. The van der Waals surface area contributed by atoms with Gasteiger partial charge in [0.1, 0.15) is 5.60 Å². The molecular formula is C27H54O4Si2. The standard InChI is InChI=1S/C27H54O4Si2/c1-18(2)32(19(3)4,20(5)6)30-24-16-27(15-13-14-26(27)28)29-17-25(24)31-33(21(7)8,22(9)10)23(11)12/h18-25H,13-17H2,1-12H3/t24-,25-,27-/m1/s1. The lowest BCUT2D eigenvalue weighted by Crippen LogP contribution is -2.62. The molecular weight excluding hydrogens is 444 g/mol. The highest BCUT2D eigenvalue weighted by molar-refractivity contribution is 6.78. The van der Waals surface area contributed by atoms with E-state index in [0.29, 0.717) is 52.7 Å². The minimum absolute atomic E-state index is 0.0669. The Morgan fingerprint density at radius 3 is 1.45 bits per heavy atom. The van der Waals surface area contributed by atoms with Gasteiger partial charge in [-0.1, -0.05) is 83.1 Å². The van der Waals surface area contributed by atoms with Crippen molar-refractivity contribution in [2.75, 3.05) is 6.61 Å². The largest absolute Gasteiger partial charge is 0.410 e. The maximum Gasteiger partial charge on any atom is 0.201 e. The van der Waals surface area contributed by atoms with Crippen LogP contribution in [-0.2, 0) is 18.4 Å². The van der Waals surface area contributed by atoms with Crippen molar-refractivity contribution in [2.45, 2.75) is 160 Å². The maximum absolute atomic E-state index is 13.0. The van der Waals surface area contributed by atoms with E-state index in [9.17, 15) is 4.79 Å². The van der Waals surface area contributed by atoms with Crippen molar-refractivity contribution in [3.05, 3.63) is 0 Å². The first-order chi connectivity index (χ1) is 15.2. The highest BCUT2D eigenvalue weighted by Gasteiger charge is 2.56. The predicted octanol–water partition coefficient (Wildman–Crippen LogP) is 8.02. The highest BCUT2D eigenvalue weighted by atomic mass is 28.4. The first-order valence-electron chi connectivity index (χ1n) is 13.7. The van der Waals surface area contributed by atoms with Crippen molar-refractivity contribution in [2.24, 2.45) is 0 Å². The molecule has 1 saturated heterocycles. The van der Waals surface area contributed by atoms with Gasteiger partial charge in [0.15, 0.2) is 5.78 Å². The van der Waals surface area contributed by atoms with Gasteiger partial charge in [0, 0.05) is 12.8 Å². The monoisotopic (exact) mass is 498 g/mol. The van der Waals surface area contributed by atoms with Crippen LogP contribution in [0.4, 0.5) is 0 Å². The summed E-state index contributed by atoms with van der Waals surface area (Å²) >= 11 is 0. The second kappa shape index (κ2) is 10.9. The number of hydrogen-bond acceptors (Lipinski definition) is 4. The summed E-state index contributed by atoms with van der Waals surface area (Å²) in [6.45, 7) is 28.5. The number of ether oxygens (including phenoxy) is 1. The Bertz CT molecular complexity index is 615. The van der Waals surface area contributed by atoms with Crippen molar-refractivity contribution >= 4 is 22.4 Å². The minimum Gasteiger partial charge on any atom is -0.410 e. The fourth-order valence-corrected chi connectivity index (χ4v) is 18.8. The Labute approximate surface area is 207 Å². The number of Topliss-reactive ketones (excluding diaryl/α,β-unsaturated/α-hetero) is 1. The van der Waals surface area contributed by atoms with Crippen LogP contribution in [-0.4, -0.2) is 46.8 Å². The topological polar surface area (TPSA) is 44.8 Å². The van der Waals surface area contributed by atoms with Crippen molar-refractivity contribution in [1.29, 1.82) is 0 Å². The summed E-state index contributed by atoms with van der Waals surface area (Å²) in [5.74, 6) is 0.278. The number of carbonyl (C=O) groups excluding carboxylic acids is 1. The summed E-state index contributed by atoms with van der Waals surface area (Å²) in [5.41, 5.74) is 2.36. The van der Waals surface area contributed by atoms with E-state index >= 15 is 0 Å². The lowest BCUT2D eigenvalue weighted by Gasteiger charge is -2.52. The van der Waals surface area contributed by atoms with Gasteiger partial charge in [-0.15, -0.1) is 0 Å². The first-order valence-corrected chi connectivity index (χ1v) is 18.0. The molecule has 0 aromatic carbocycles. The second-order valence-electron chi connectivity index (χ2n) is 12.7. The summed E-state index contributed by atoms with van der Waals surface area (Å²) in [7, 11) is -4.25. The minimum atomic E-state index is -2.13. The van der Waals surface area contributed by atoms with Crippen LogP contribution in [0.3, 0.4) is 0 Å². The lowest BCUT2D eigenvalue weighted by atomic mass is 9.88. The molecule has 0 unspecified atom stereocenters. The summed E-state index contributed by atoms with van der Waals surface area (Å²) in [5, 5.41) is 0. The zero-order valence-electron chi connectivity index (χ0n) is 23.8. The molecule has 3 atom stereocenters. The SMILES string of the molecule is CC(C)[Si](O[C@@H]1CO[C@]2(CCCC2=O)C[C@H]1O[Si](C(C)C)(C(C)C)C(C)C)(C(C)C)C(C)C. The molecule has 2 aliphatic rings. The second-order valence-corrected chi connectivity index (χ2v) is 23.5. The van der Waals surface area contributed by atoms with Crippen LogP contribution in [0, 0.1) is 0 Å². The van der Waals surface area contributed by atoms with Crippen molar-refractivity contribution < 1.29 is 18.4 Å². The van der Waals surface area contributed by atoms with Crippen LogP contribution >= 0.6 is 0 Å². The van der Waals surface area contributed by atoms with Crippen LogP contribution in [0.5, 0.6) is 0 Å². The Hall–Kier alpha value is -0.0162. The molecule has 2 fully saturated rings. The van der Waals surface area contributed by atoms with Gasteiger partial charge in [-0.25, -0.2) is 0 Å². The molecule has 194 valence electrons. The Kier molecular flexibility index (Phi) is 9.68. The van der Waals surface area contributed by atoms with E-state index in [-0.39, 0.29) is 18.0 Å². The van der Waals surface area contributed by atoms with E-state index < -0.39 is 22.2 Å². The van der Waals surface area contributed by atoms with Gasteiger partial charge in [-0.3, -0.25) is 4.79 Å². The summed E-state index contributed by atoms with van der Waals surface area (Å²) in [6, 6.07) is 0. The van der Waals surface area contributed by atoms with E-state index in [1.165, 1.54) is 0 Å². The summed E-state index contributed by atoms with van der Waals surface area (Å²) < 4.78 is 21.1. The summed E-state index contributed by atoms with van der Waals surface area (Å²) in [4.78, 5) is 13.0. The molecule has 0 bridgehead atoms. The van der Waals surface area contributed by atoms with E-state index in [1.807, 2.05) is 0 Å². The fourth-order valence-electron chi connectivity index (χ4n) is 7.70. The molecule has 0 aromatic heterocycles. The molecule has 1 aliphatic heterocycles. The number of hydrogen-bond donors (Lipinski definition) is 0. The van der Waals surface area contributed by atoms with Crippen molar-refractivity contribution in [3.8, 4) is 0 Å². The zero-order chi connectivity index (χ0) is 25.4.